The molecule has 4 rings (SSSR count). The third-order valence-electron chi connectivity index (χ3n) is 4.93. The van der Waals surface area contributed by atoms with Crippen molar-refractivity contribution in [2.45, 2.75) is 26.3 Å². The van der Waals surface area contributed by atoms with E-state index in [0.717, 1.165) is 41.0 Å². The van der Waals surface area contributed by atoms with Crippen molar-refractivity contribution in [2.24, 2.45) is 0 Å². The summed E-state index contributed by atoms with van der Waals surface area (Å²) in [5, 5.41) is 3.03. The second kappa shape index (κ2) is 8.09. The average molecular weight is 369 g/mol. The summed E-state index contributed by atoms with van der Waals surface area (Å²) in [6.07, 6.45) is 1.68. The maximum atomic E-state index is 12.7. The van der Waals surface area contributed by atoms with Crippen LogP contribution in [-0.2, 0) is 24.2 Å². The fourth-order valence-corrected chi connectivity index (χ4v) is 3.44. The molecule has 0 aliphatic heterocycles. The maximum Gasteiger partial charge on any atom is 0.244 e. The van der Waals surface area contributed by atoms with E-state index in [1.165, 1.54) is 5.56 Å². The largest absolute Gasteiger partial charge is 0.324 e. The standard InChI is InChI=1S/C24H23N3O/c1-18-9-5-6-12-20(18)26-24(28)17-27-22-14-8-7-13-21(22)25-23(27)16-15-19-10-3-2-4-11-19/h2-14H,15-17H2,1H3,(H,26,28). The van der Waals surface area contributed by atoms with Crippen LogP contribution in [0.4, 0.5) is 5.69 Å². The van der Waals surface area contributed by atoms with E-state index in [-0.39, 0.29) is 12.5 Å². The predicted molar refractivity (Wildman–Crippen MR) is 113 cm³/mol. The number of nitrogens with zero attached hydrogens (tertiary/aromatic N) is 2. The average Bonchev–Trinajstić information content (AvgIpc) is 3.06. The highest BCUT2D eigenvalue weighted by atomic mass is 16.1. The van der Waals surface area contributed by atoms with E-state index in [0.29, 0.717) is 0 Å². The van der Waals surface area contributed by atoms with Crippen molar-refractivity contribution in [2.75, 3.05) is 5.32 Å². The van der Waals surface area contributed by atoms with Gasteiger partial charge in [-0.15, -0.1) is 0 Å². The normalized spacial score (nSPS) is 10.9. The van der Waals surface area contributed by atoms with E-state index < -0.39 is 0 Å². The van der Waals surface area contributed by atoms with Crippen LogP contribution < -0.4 is 5.32 Å². The summed E-state index contributed by atoms with van der Waals surface area (Å²) in [7, 11) is 0. The fourth-order valence-electron chi connectivity index (χ4n) is 3.44. The lowest BCUT2D eigenvalue weighted by Gasteiger charge is -2.11. The lowest BCUT2D eigenvalue weighted by molar-refractivity contribution is -0.116. The molecule has 4 nitrogen and oxygen atoms in total. The summed E-state index contributed by atoms with van der Waals surface area (Å²) in [5.74, 6) is 0.892. The number of carbonyl (C=O) groups is 1. The van der Waals surface area contributed by atoms with Crippen LogP contribution in [0.3, 0.4) is 0 Å². The van der Waals surface area contributed by atoms with Gasteiger partial charge < -0.3 is 9.88 Å². The molecule has 3 aromatic carbocycles. The van der Waals surface area contributed by atoms with E-state index in [1.54, 1.807) is 0 Å². The van der Waals surface area contributed by atoms with Crippen LogP contribution >= 0.6 is 0 Å². The van der Waals surface area contributed by atoms with Crippen LogP contribution in [0.1, 0.15) is 17.0 Å². The number of aryl methyl sites for hydroxylation is 3. The third-order valence-corrected chi connectivity index (χ3v) is 4.93. The Hall–Kier alpha value is -3.40. The molecule has 28 heavy (non-hydrogen) atoms. The molecule has 1 aromatic heterocycles. The summed E-state index contributed by atoms with van der Waals surface area (Å²) in [5.41, 5.74) is 5.09. The van der Waals surface area contributed by atoms with Crippen molar-refractivity contribution >= 4 is 22.6 Å². The molecule has 0 aliphatic rings. The number of imidazole rings is 1. The Morgan fingerprint density at radius 2 is 1.61 bits per heavy atom. The van der Waals surface area contributed by atoms with Gasteiger partial charge in [-0.25, -0.2) is 4.98 Å². The third kappa shape index (κ3) is 3.96. The second-order valence-corrected chi connectivity index (χ2v) is 6.95. The van der Waals surface area contributed by atoms with Gasteiger partial charge in [-0.1, -0.05) is 60.7 Å². The molecule has 1 heterocycles. The van der Waals surface area contributed by atoms with Crippen molar-refractivity contribution in [1.29, 1.82) is 0 Å². The van der Waals surface area contributed by atoms with Crippen molar-refractivity contribution in [3.8, 4) is 0 Å². The van der Waals surface area contributed by atoms with E-state index >= 15 is 0 Å². The number of carbonyl (C=O) groups excluding carboxylic acids is 1. The Bertz CT molecular complexity index is 1100. The van der Waals surface area contributed by atoms with Gasteiger partial charge in [0.25, 0.3) is 0 Å². The van der Waals surface area contributed by atoms with Gasteiger partial charge in [0.2, 0.25) is 5.91 Å². The molecule has 140 valence electrons. The molecule has 0 fully saturated rings. The van der Waals surface area contributed by atoms with Crippen LogP contribution in [0.25, 0.3) is 11.0 Å². The molecule has 1 N–H and O–H groups in total. The monoisotopic (exact) mass is 369 g/mol. The van der Waals surface area contributed by atoms with Crippen LogP contribution in [0, 0.1) is 6.92 Å². The summed E-state index contributed by atoms with van der Waals surface area (Å²) in [6, 6.07) is 26.2. The van der Waals surface area contributed by atoms with Gasteiger partial charge in [-0.2, -0.15) is 0 Å². The molecule has 0 atom stereocenters. The van der Waals surface area contributed by atoms with Crippen molar-refractivity contribution < 1.29 is 4.79 Å². The Balaban J connectivity index is 1.58. The van der Waals surface area contributed by atoms with Crippen LogP contribution in [-0.4, -0.2) is 15.5 Å². The van der Waals surface area contributed by atoms with Crippen molar-refractivity contribution in [3.63, 3.8) is 0 Å². The Morgan fingerprint density at radius 1 is 0.893 bits per heavy atom. The highest BCUT2D eigenvalue weighted by molar-refractivity contribution is 5.92. The number of nitrogens with one attached hydrogen (secondary N) is 1. The van der Waals surface area contributed by atoms with Gasteiger partial charge in [0.05, 0.1) is 11.0 Å². The molecule has 0 spiro atoms. The van der Waals surface area contributed by atoms with Gasteiger partial charge in [-0.3, -0.25) is 4.79 Å². The number of anilines is 1. The number of rotatable bonds is 6. The summed E-state index contributed by atoms with van der Waals surface area (Å²) >= 11 is 0. The zero-order valence-electron chi connectivity index (χ0n) is 15.9. The molecular weight excluding hydrogens is 346 g/mol. The minimum absolute atomic E-state index is 0.0431. The van der Waals surface area contributed by atoms with E-state index in [9.17, 15) is 4.79 Å². The number of amides is 1. The Kier molecular flexibility index (Phi) is 5.20. The van der Waals surface area contributed by atoms with Gasteiger partial charge in [0, 0.05) is 12.1 Å². The van der Waals surface area contributed by atoms with Gasteiger partial charge in [-0.05, 0) is 42.7 Å². The molecule has 0 unspecified atom stereocenters. The maximum absolute atomic E-state index is 12.7. The second-order valence-electron chi connectivity index (χ2n) is 6.95. The number of hydrogen-bond donors (Lipinski definition) is 1. The minimum Gasteiger partial charge on any atom is -0.324 e. The SMILES string of the molecule is Cc1ccccc1NC(=O)Cn1c(CCc2ccccc2)nc2ccccc21. The van der Waals surface area contributed by atoms with Gasteiger partial charge >= 0.3 is 0 Å². The van der Waals surface area contributed by atoms with E-state index in [2.05, 4.69) is 17.4 Å². The molecule has 0 bridgehead atoms. The van der Waals surface area contributed by atoms with Crippen LogP contribution in [0.15, 0.2) is 78.9 Å². The zero-order chi connectivity index (χ0) is 19.3. The first kappa shape index (κ1) is 18.0. The number of benzene rings is 3. The first-order valence-electron chi connectivity index (χ1n) is 9.54. The predicted octanol–water partition coefficient (Wildman–Crippen LogP) is 4.77. The van der Waals surface area contributed by atoms with Crippen LogP contribution in [0.2, 0.25) is 0 Å². The number of aromatic nitrogens is 2. The van der Waals surface area contributed by atoms with Gasteiger partial charge in [0.15, 0.2) is 0 Å². The van der Waals surface area contributed by atoms with Crippen molar-refractivity contribution in [1.82, 2.24) is 9.55 Å². The first-order valence-corrected chi connectivity index (χ1v) is 9.54. The zero-order valence-corrected chi connectivity index (χ0v) is 15.9. The Morgan fingerprint density at radius 3 is 2.43 bits per heavy atom. The summed E-state index contributed by atoms with van der Waals surface area (Å²) in [6.45, 7) is 2.24. The molecule has 0 saturated heterocycles. The topological polar surface area (TPSA) is 46.9 Å². The first-order chi connectivity index (χ1) is 13.7. The molecule has 4 aromatic rings. The van der Waals surface area contributed by atoms with Crippen LogP contribution in [0.5, 0.6) is 0 Å². The molecular formula is C24H23N3O. The Labute approximate surface area is 164 Å². The minimum atomic E-state index is -0.0431. The van der Waals surface area contributed by atoms with Crippen molar-refractivity contribution in [3.05, 3.63) is 95.8 Å². The van der Waals surface area contributed by atoms with Gasteiger partial charge in [0.1, 0.15) is 12.4 Å². The molecule has 0 radical (unpaired) electrons. The molecule has 0 aliphatic carbocycles. The fraction of sp³-hybridized carbons (Fsp3) is 0.167. The number of hydrogen-bond acceptors (Lipinski definition) is 2. The number of fused-ring (bicyclic) bond motifs is 1. The quantitative estimate of drug-likeness (QED) is 0.532. The smallest absolute Gasteiger partial charge is 0.244 e. The lowest BCUT2D eigenvalue weighted by Crippen LogP contribution is -2.20. The summed E-state index contributed by atoms with van der Waals surface area (Å²) in [4.78, 5) is 17.5. The molecule has 4 heteroatoms. The number of para-hydroxylation sites is 3. The molecule has 0 saturated carbocycles. The lowest BCUT2D eigenvalue weighted by atomic mass is 10.1. The summed E-state index contributed by atoms with van der Waals surface area (Å²) < 4.78 is 2.03. The highest BCUT2D eigenvalue weighted by Crippen LogP contribution is 2.19. The highest BCUT2D eigenvalue weighted by Gasteiger charge is 2.14. The van der Waals surface area contributed by atoms with E-state index in [4.69, 9.17) is 4.98 Å². The molecule has 1 amide bonds. The van der Waals surface area contributed by atoms with E-state index in [1.807, 2.05) is 78.2 Å².